The van der Waals surface area contributed by atoms with Gasteiger partial charge in [0.2, 0.25) is 0 Å². The maximum atomic E-state index is 12.5. The molecule has 0 unspecified atom stereocenters. The van der Waals surface area contributed by atoms with Crippen LogP contribution in [0.1, 0.15) is 35.9 Å². The summed E-state index contributed by atoms with van der Waals surface area (Å²) >= 11 is 9.46. The lowest BCUT2D eigenvalue weighted by Gasteiger charge is -2.12. The zero-order valence-electron chi connectivity index (χ0n) is 13.2. The van der Waals surface area contributed by atoms with Gasteiger partial charge >= 0.3 is 0 Å². The van der Waals surface area contributed by atoms with Crippen LogP contribution in [0.2, 0.25) is 5.02 Å². The zero-order chi connectivity index (χ0) is 17.1. The number of hydrogen-bond acceptors (Lipinski definition) is 4. The minimum atomic E-state index is -0.372. The minimum absolute atomic E-state index is 0.212. The highest BCUT2D eigenvalue weighted by atomic mass is 79.9. The number of methoxy groups -OCH3 is 2. The van der Waals surface area contributed by atoms with Crippen LogP contribution in [0.3, 0.4) is 0 Å². The lowest BCUT2D eigenvalue weighted by atomic mass is 10.1. The molecule has 1 aromatic carbocycles. The average Bonchev–Trinajstić information content (AvgIpc) is 2.90. The Labute approximate surface area is 147 Å². The van der Waals surface area contributed by atoms with E-state index in [1.807, 2.05) is 13.8 Å². The van der Waals surface area contributed by atoms with Gasteiger partial charge in [-0.3, -0.25) is 9.89 Å². The first-order valence-corrected chi connectivity index (χ1v) is 8.02. The fourth-order valence-electron chi connectivity index (χ4n) is 2.01. The standard InChI is InChI=1S/C15H17BrClN3O3/c1-7(2)13-12(16)14(20-19-13)15(21)18-9-6-10(22-3)8(17)5-11(9)23-4/h5-7H,1-4H3,(H,18,21)(H,19,20). The first-order valence-electron chi connectivity index (χ1n) is 6.85. The number of anilines is 1. The number of carbonyl (C=O) groups excluding carboxylic acids is 1. The van der Waals surface area contributed by atoms with Gasteiger partial charge in [0.25, 0.3) is 5.91 Å². The van der Waals surface area contributed by atoms with E-state index in [1.165, 1.54) is 14.2 Å². The van der Waals surface area contributed by atoms with Crippen LogP contribution in [0.5, 0.6) is 11.5 Å². The number of H-pyrrole nitrogens is 1. The number of nitrogens with one attached hydrogen (secondary N) is 2. The van der Waals surface area contributed by atoms with Crippen molar-refractivity contribution in [3.05, 3.63) is 33.0 Å². The van der Waals surface area contributed by atoms with Gasteiger partial charge in [0.1, 0.15) is 11.5 Å². The number of ether oxygens (including phenoxy) is 2. The quantitative estimate of drug-likeness (QED) is 0.785. The number of nitrogens with zero attached hydrogens (tertiary/aromatic N) is 1. The maximum Gasteiger partial charge on any atom is 0.277 e. The van der Waals surface area contributed by atoms with Crippen molar-refractivity contribution in [2.24, 2.45) is 0 Å². The fourth-order valence-corrected chi connectivity index (χ4v) is 3.06. The second kappa shape index (κ2) is 7.23. The van der Waals surface area contributed by atoms with Gasteiger partial charge in [-0.25, -0.2) is 0 Å². The largest absolute Gasteiger partial charge is 0.495 e. The van der Waals surface area contributed by atoms with Crippen LogP contribution in [0.4, 0.5) is 5.69 Å². The van der Waals surface area contributed by atoms with Gasteiger partial charge in [0.15, 0.2) is 5.69 Å². The molecule has 1 heterocycles. The number of aromatic nitrogens is 2. The molecule has 0 aliphatic carbocycles. The lowest BCUT2D eigenvalue weighted by molar-refractivity contribution is 0.102. The maximum absolute atomic E-state index is 12.5. The van der Waals surface area contributed by atoms with Crippen molar-refractivity contribution in [1.29, 1.82) is 0 Å². The Morgan fingerprint density at radius 3 is 2.48 bits per heavy atom. The molecule has 0 aliphatic heterocycles. The molecule has 1 aromatic heterocycles. The van der Waals surface area contributed by atoms with Crippen molar-refractivity contribution in [2.45, 2.75) is 19.8 Å². The molecule has 1 amide bonds. The molecule has 124 valence electrons. The topological polar surface area (TPSA) is 76.2 Å². The lowest BCUT2D eigenvalue weighted by Crippen LogP contribution is -2.14. The molecule has 0 saturated heterocycles. The molecule has 0 radical (unpaired) electrons. The van der Waals surface area contributed by atoms with Crippen LogP contribution in [0.25, 0.3) is 0 Å². The summed E-state index contributed by atoms with van der Waals surface area (Å²) in [5.41, 5.74) is 1.57. The van der Waals surface area contributed by atoms with Crippen LogP contribution >= 0.6 is 27.5 Å². The predicted molar refractivity (Wildman–Crippen MR) is 92.9 cm³/mol. The molecule has 23 heavy (non-hydrogen) atoms. The summed E-state index contributed by atoms with van der Waals surface area (Å²) in [6.45, 7) is 4.01. The van der Waals surface area contributed by atoms with Gasteiger partial charge in [-0.05, 0) is 21.8 Å². The van der Waals surface area contributed by atoms with Crippen molar-refractivity contribution in [3.63, 3.8) is 0 Å². The molecule has 0 aliphatic rings. The highest BCUT2D eigenvalue weighted by Crippen LogP contribution is 2.36. The third-order valence-corrected chi connectivity index (χ3v) is 4.35. The number of benzene rings is 1. The molecule has 2 rings (SSSR count). The van der Waals surface area contributed by atoms with Crippen molar-refractivity contribution in [1.82, 2.24) is 10.2 Å². The average molecular weight is 403 g/mol. The van der Waals surface area contributed by atoms with Crippen LogP contribution < -0.4 is 14.8 Å². The molecule has 2 N–H and O–H groups in total. The van der Waals surface area contributed by atoms with E-state index in [0.717, 1.165) is 5.69 Å². The van der Waals surface area contributed by atoms with Crippen molar-refractivity contribution >= 4 is 39.1 Å². The van der Waals surface area contributed by atoms with Gasteiger partial charge in [0.05, 0.1) is 35.1 Å². The smallest absolute Gasteiger partial charge is 0.277 e. The van der Waals surface area contributed by atoms with Gasteiger partial charge < -0.3 is 14.8 Å². The number of rotatable bonds is 5. The SMILES string of the molecule is COc1cc(NC(=O)c2n[nH]c(C(C)C)c2Br)c(OC)cc1Cl. The minimum Gasteiger partial charge on any atom is -0.495 e. The van der Waals surface area contributed by atoms with E-state index in [9.17, 15) is 4.79 Å². The normalized spacial score (nSPS) is 10.7. The van der Waals surface area contributed by atoms with Gasteiger partial charge in [-0.15, -0.1) is 0 Å². The van der Waals surface area contributed by atoms with Crippen LogP contribution in [0, 0.1) is 0 Å². The third kappa shape index (κ3) is 3.61. The van der Waals surface area contributed by atoms with E-state index in [4.69, 9.17) is 21.1 Å². The van der Waals surface area contributed by atoms with Gasteiger partial charge in [-0.2, -0.15) is 5.10 Å². The van der Waals surface area contributed by atoms with E-state index in [1.54, 1.807) is 12.1 Å². The Kier molecular flexibility index (Phi) is 5.54. The molecule has 0 saturated carbocycles. The number of halogens is 2. The Hall–Kier alpha value is -1.73. The second-order valence-corrected chi connectivity index (χ2v) is 6.30. The van der Waals surface area contributed by atoms with Crippen LogP contribution in [-0.4, -0.2) is 30.3 Å². The summed E-state index contributed by atoms with van der Waals surface area (Å²) in [6.07, 6.45) is 0. The van der Waals surface area contributed by atoms with Crippen molar-refractivity contribution < 1.29 is 14.3 Å². The fraction of sp³-hybridized carbons (Fsp3) is 0.333. The van der Waals surface area contributed by atoms with Crippen LogP contribution in [0.15, 0.2) is 16.6 Å². The zero-order valence-corrected chi connectivity index (χ0v) is 15.5. The molecule has 0 spiro atoms. The molecule has 2 aromatic rings. The summed E-state index contributed by atoms with van der Waals surface area (Å²) < 4.78 is 11.0. The van der Waals surface area contributed by atoms with E-state index in [0.29, 0.717) is 26.7 Å². The molecule has 0 atom stereocenters. The van der Waals surface area contributed by atoms with Crippen molar-refractivity contribution in [3.8, 4) is 11.5 Å². The molecule has 8 heteroatoms. The van der Waals surface area contributed by atoms with E-state index in [2.05, 4.69) is 31.4 Å². The molecule has 0 fully saturated rings. The van der Waals surface area contributed by atoms with E-state index >= 15 is 0 Å². The highest BCUT2D eigenvalue weighted by Gasteiger charge is 2.21. The summed E-state index contributed by atoms with van der Waals surface area (Å²) in [5.74, 6) is 0.706. The number of carbonyl (C=O) groups is 1. The Morgan fingerprint density at radius 1 is 1.30 bits per heavy atom. The number of aromatic amines is 1. The monoisotopic (exact) mass is 401 g/mol. The van der Waals surface area contributed by atoms with Crippen LogP contribution in [-0.2, 0) is 0 Å². The second-order valence-electron chi connectivity index (χ2n) is 5.10. The first kappa shape index (κ1) is 17.6. The molecule has 0 bridgehead atoms. The number of amides is 1. The van der Waals surface area contributed by atoms with Gasteiger partial charge in [0, 0.05) is 12.1 Å². The Balaban J connectivity index is 2.33. The Bertz CT molecular complexity index is 731. The molecular weight excluding hydrogens is 386 g/mol. The summed E-state index contributed by atoms with van der Waals surface area (Å²) in [4.78, 5) is 12.5. The molecule has 6 nitrogen and oxygen atoms in total. The summed E-state index contributed by atoms with van der Waals surface area (Å²) in [6, 6.07) is 3.18. The predicted octanol–water partition coefficient (Wildman–Crippen LogP) is 4.22. The Morgan fingerprint density at radius 2 is 1.96 bits per heavy atom. The molecular formula is C15H17BrClN3O3. The first-order chi connectivity index (χ1) is 10.9. The van der Waals surface area contributed by atoms with E-state index < -0.39 is 0 Å². The third-order valence-electron chi connectivity index (χ3n) is 3.25. The summed E-state index contributed by atoms with van der Waals surface area (Å²) in [7, 11) is 2.99. The highest BCUT2D eigenvalue weighted by molar-refractivity contribution is 9.10. The van der Waals surface area contributed by atoms with E-state index in [-0.39, 0.29) is 17.5 Å². The summed E-state index contributed by atoms with van der Waals surface area (Å²) in [5, 5.41) is 10.1. The van der Waals surface area contributed by atoms with Crippen molar-refractivity contribution in [2.75, 3.05) is 19.5 Å². The van der Waals surface area contributed by atoms with Gasteiger partial charge in [-0.1, -0.05) is 25.4 Å². The number of hydrogen-bond donors (Lipinski definition) is 2.